The Morgan fingerprint density at radius 3 is 2.62 bits per heavy atom. The third-order valence-electron chi connectivity index (χ3n) is 6.46. The van der Waals surface area contributed by atoms with Crippen LogP contribution in [0, 0.1) is 5.92 Å². The fourth-order valence-electron chi connectivity index (χ4n) is 4.45. The molecule has 2 fully saturated rings. The summed E-state index contributed by atoms with van der Waals surface area (Å²) in [7, 11) is 0. The lowest BCUT2D eigenvalue weighted by atomic mass is 9.90. The van der Waals surface area contributed by atoms with Crippen LogP contribution in [0.5, 0.6) is 0 Å². The molecule has 1 aromatic carbocycles. The lowest BCUT2D eigenvalue weighted by molar-refractivity contribution is 0.145. The van der Waals surface area contributed by atoms with E-state index in [1.54, 1.807) is 17.2 Å². The van der Waals surface area contributed by atoms with Crippen molar-refractivity contribution >= 4 is 11.8 Å². The molecule has 0 radical (unpaired) electrons. The molecule has 0 spiro atoms. The second-order valence-electron chi connectivity index (χ2n) is 8.65. The average Bonchev–Trinajstić information content (AvgIpc) is 2.81. The number of aromatic nitrogens is 2. The van der Waals surface area contributed by atoms with Crippen molar-refractivity contribution in [3.8, 4) is 5.69 Å². The van der Waals surface area contributed by atoms with Crippen LogP contribution >= 0.6 is 0 Å². The lowest BCUT2D eigenvalue weighted by Gasteiger charge is -2.36. The summed E-state index contributed by atoms with van der Waals surface area (Å²) < 4.78 is 1.48. The van der Waals surface area contributed by atoms with E-state index in [1.807, 2.05) is 12.1 Å². The minimum Gasteiger partial charge on any atom is -0.327 e. The molecule has 0 saturated carbocycles. The lowest BCUT2D eigenvalue weighted by Crippen LogP contribution is -2.48. The molecule has 9 heteroatoms. The standard InChI is InChI=1S/C23H33N7O2/c1-2-18-16-28(11-7-20(18)24)15-17-3-5-19(6-4-17)30-12-8-21(27-23(30)32)26-22(31)29-13-9-25-10-14-29/h3-6,8,12,18,20,25H,2,7,9-11,13-16,24H2,1H3,(H,26,27,31,32). The van der Waals surface area contributed by atoms with Gasteiger partial charge in [0.2, 0.25) is 0 Å². The van der Waals surface area contributed by atoms with E-state index in [-0.39, 0.29) is 11.8 Å². The Morgan fingerprint density at radius 1 is 1.19 bits per heavy atom. The highest BCUT2D eigenvalue weighted by Gasteiger charge is 2.25. The summed E-state index contributed by atoms with van der Waals surface area (Å²) in [5.41, 5.74) is 7.76. The highest BCUT2D eigenvalue weighted by atomic mass is 16.2. The Bertz CT molecular complexity index is 969. The normalized spacial score (nSPS) is 22.0. The molecule has 2 amide bonds. The number of carbonyl (C=O) groups is 1. The van der Waals surface area contributed by atoms with E-state index >= 15 is 0 Å². The van der Waals surface area contributed by atoms with Gasteiger partial charge in [0.05, 0.1) is 5.69 Å². The molecule has 2 unspecified atom stereocenters. The number of hydrogen-bond acceptors (Lipinski definition) is 6. The Hall–Kier alpha value is -2.75. The van der Waals surface area contributed by atoms with Crippen LogP contribution in [0.4, 0.5) is 10.6 Å². The van der Waals surface area contributed by atoms with E-state index in [4.69, 9.17) is 5.73 Å². The van der Waals surface area contributed by atoms with Crippen molar-refractivity contribution in [2.24, 2.45) is 11.7 Å². The minimum absolute atomic E-state index is 0.232. The molecule has 32 heavy (non-hydrogen) atoms. The van der Waals surface area contributed by atoms with Crippen molar-refractivity contribution in [2.75, 3.05) is 44.6 Å². The minimum atomic E-state index is -0.424. The molecule has 0 bridgehead atoms. The van der Waals surface area contributed by atoms with E-state index in [0.717, 1.165) is 51.3 Å². The number of likely N-dealkylation sites (tertiary alicyclic amines) is 1. The summed E-state index contributed by atoms with van der Waals surface area (Å²) in [6, 6.07) is 9.70. The zero-order valence-corrected chi connectivity index (χ0v) is 18.7. The van der Waals surface area contributed by atoms with Crippen LogP contribution in [0.2, 0.25) is 0 Å². The van der Waals surface area contributed by atoms with Crippen LogP contribution in [0.1, 0.15) is 25.3 Å². The molecule has 4 rings (SSSR count). The van der Waals surface area contributed by atoms with E-state index in [0.29, 0.717) is 25.0 Å². The highest BCUT2D eigenvalue weighted by molar-refractivity contribution is 5.88. The van der Waals surface area contributed by atoms with E-state index in [2.05, 4.69) is 39.6 Å². The predicted octanol–water partition coefficient (Wildman–Crippen LogP) is 1.23. The van der Waals surface area contributed by atoms with Crippen molar-refractivity contribution in [3.63, 3.8) is 0 Å². The average molecular weight is 440 g/mol. The molecule has 4 N–H and O–H groups in total. The van der Waals surface area contributed by atoms with E-state index in [1.165, 1.54) is 10.1 Å². The molecular formula is C23H33N7O2. The van der Waals surface area contributed by atoms with Gasteiger partial charge in [-0.15, -0.1) is 0 Å². The molecule has 1 aromatic heterocycles. The van der Waals surface area contributed by atoms with Gasteiger partial charge in [-0.2, -0.15) is 4.98 Å². The molecule has 2 saturated heterocycles. The Labute approximate surface area is 188 Å². The van der Waals surface area contributed by atoms with E-state index < -0.39 is 5.69 Å². The number of nitrogens with one attached hydrogen (secondary N) is 2. The molecule has 2 aromatic rings. The van der Waals surface area contributed by atoms with Crippen LogP contribution in [-0.4, -0.2) is 70.7 Å². The van der Waals surface area contributed by atoms with Crippen molar-refractivity contribution in [2.45, 2.75) is 32.4 Å². The first-order valence-electron chi connectivity index (χ1n) is 11.5. The first kappa shape index (κ1) is 22.4. The maximum atomic E-state index is 12.6. The first-order valence-corrected chi connectivity index (χ1v) is 11.5. The summed E-state index contributed by atoms with van der Waals surface area (Å²) in [6.07, 6.45) is 3.79. The molecule has 172 valence electrons. The molecule has 2 aliphatic rings. The van der Waals surface area contributed by atoms with Gasteiger partial charge in [-0.3, -0.25) is 14.8 Å². The molecule has 2 aliphatic heterocycles. The smallest absolute Gasteiger partial charge is 0.327 e. The third-order valence-corrected chi connectivity index (χ3v) is 6.46. The van der Waals surface area contributed by atoms with Crippen LogP contribution in [-0.2, 0) is 6.54 Å². The van der Waals surface area contributed by atoms with Crippen molar-refractivity contribution < 1.29 is 4.79 Å². The summed E-state index contributed by atoms with van der Waals surface area (Å²) in [4.78, 5) is 33.1. The zero-order chi connectivity index (χ0) is 22.5. The fraction of sp³-hybridized carbons (Fsp3) is 0.522. The maximum absolute atomic E-state index is 12.6. The summed E-state index contributed by atoms with van der Waals surface area (Å²) in [6.45, 7) is 7.95. The quantitative estimate of drug-likeness (QED) is 0.647. The Kier molecular flexibility index (Phi) is 7.19. The van der Waals surface area contributed by atoms with Gasteiger partial charge in [-0.25, -0.2) is 9.59 Å². The van der Waals surface area contributed by atoms with Crippen molar-refractivity contribution in [1.82, 2.24) is 24.7 Å². The highest BCUT2D eigenvalue weighted by Crippen LogP contribution is 2.20. The van der Waals surface area contributed by atoms with Crippen LogP contribution in [0.3, 0.4) is 0 Å². The van der Waals surface area contributed by atoms with Crippen LogP contribution in [0.25, 0.3) is 5.69 Å². The van der Waals surface area contributed by atoms with E-state index in [9.17, 15) is 9.59 Å². The number of piperidine rings is 1. The Balaban J connectivity index is 1.38. The van der Waals surface area contributed by atoms with Gasteiger partial charge in [-0.1, -0.05) is 25.5 Å². The molecular weight excluding hydrogens is 406 g/mol. The number of benzene rings is 1. The van der Waals surface area contributed by atoms with Crippen LogP contribution in [0.15, 0.2) is 41.3 Å². The molecule has 2 atom stereocenters. The van der Waals surface area contributed by atoms with Gasteiger partial charge in [0.25, 0.3) is 0 Å². The van der Waals surface area contributed by atoms with Crippen LogP contribution < -0.4 is 22.1 Å². The van der Waals surface area contributed by atoms with Crippen molar-refractivity contribution in [1.29, 1.82) is 0 Å². The topological polar surface area (TPSA) is 109 Å². The van der Waals surface area contributed by atoms with Gasteiger partial charge in [-0.05, 0) is 42.6 Å². The summed E-state index contributed by atoms with van der Waals surface area (Å²) in [5, 5.41) is 5.92. The Morgan fingerprint density at radius 2 is 1.94 bits per heavy atom. The van der Waals surface area contributed by atoms with Gasteiger partial charge < -0.3 is 16.0 Å². The number of nitrogens with zero attached hydrogens (tertiary/aromatic N) is 4. The summed E-state index contributed by atoms with van der Waals surface area (Å²) >= 11 is 0. The number of urea groups is 1. The fourth-order valence-corrected chi connectivity index (χ4v) is 4.45. The summed E-state index contributed by atoms with van der Waals surface area (Å²) in [5.74, 6) is 0.818. The van der Waals surface area contributed by atoms with Crippen molar-refractivity contribution in [3.05, 3.63) is 52.6 Å². The second-order valence-corrected chi connectivity index (χ2v) is 8.65. The monoisotopic (exact) mass is 439 g/mol. The molecule has 0 aliphatic carbocycles. The number of hydrogen-bond donors (Lipinski definition) is 3. The van der Waals surface area contributed by atoms with Gasteiger partial charge in [0.15, 0.2) is 0 Å². The maximum Gasteiger partial charge on any atom is 0.354 e. The largest absolute Gasteiger partial charge is 0.354 e. The molecule has 9 nitrogen and oxygen atoms in total. The predicted molar refractivity (Wildman–Crippen MR) is 125 cm³/mol. The second kappa shape index (κ2) is 10.2. The third kappa shape index (κ3) is 5.35. The number of amides is 2. The molecule has 3 heterocycles. The zero-order valence-electron chi connectivity index (χ0n) is 18.7. The number of carbonyl (C=O) groups excluding carboxylic acids is 1. The van der Waals surface area contributed by atoms with Gasteiger partial charge in [0, 0.05) is 51.5 Å². The number of nitrogens with two attached hydrogens (primary N) is 1. The van der Waals surface area contributed by atoms with Gasteiger partial charge >= 0.3 is 11.7 Å². The number of anilines is 1. The van der Waals surface area contributed by atoms with Gasteiger partial charge in [0.1, 0.15) is 5.82 Å². The number of rotatable bonds is 5. The SMILES string of the molecule is CCC1CN(Cc2ccc(-n3ccc(NC(=O)N4CCNCC4)nc3=O)cc2)CCC1N. The number of piperazine rings is 1. The first-order chi connectivity index (χ1) is 15.5.